The van der Waals surface area contributed by atoms with Crippen molar-refractivity contribution in [3.05, 3.63) is 30.1 Å². The van der Waals surface area contributed by atoms with Gasteiger partial charge in [-0.25, -0.2) is 8.42 Å². The first-order valence-electron chi connectivity index (χ1n) is 5.57. The molecule has 1 unspecified atom stereocenters. The van der Waals surface area contributed by atoms with Gasteiger partial charge in [-0.3, -0.25) is 4.98 Å². The molecule has 18 heavy (non-hydrogen) atoms. The van der Waals surface area contributed by atoms with E-state index in [0.29, 0.717) is 12.2 Å². The number of hydrogen-bond donors (Lipinski definition) is 1. The van der Waals surface area contributed by atoms with E-state index in [1.165, 1.54) is 11.2 Å². The summed E-state index contributed by atoms with van der Waals surface area (Å²) < 4.78 is 25.8. The van der Waals surface area contributed by atoms with Crippen molar-refractivity contribution in [2.24, 2.45) is 5.73 Å². The van der Waals surface area contributed by atoms with Crippen LogP contribution in [0.4, 0.5) is 0 Å². The molecule has 1 aromatic heterocycles. The summed E-state index contributed by atoms with van der Waals surface area (Å²) in [6, 6.07) is 5.38. The Labute approximate surface area is 113 Å². The number of sulfonamides is 1. The molecule has 0 aliphatic heterocycles. The molecular weight excluding hydrogens is 270 g/mol. The quantitative estimate of drug-likeness (QED) is 0.787. The van der Waals surface area contributed by atoms with Gasteiger partial charge in [0.1, 0.15) is 5.25 Å². The minimum absolute atomic E-state index is 0.0190. The molecule has 0 aliphatic carbocycles. The molecule has 1 atom stereocenters. The molecule has 1 aromatic rings. The maximum atomic E-state index is 12.2. The molecule has 100 valence electrons. The lowest BCUT2D eigenvalue weighted by Gasteiger charge is -2.23. The molecule has 0 aliphatic rings. The molecule has 5 nitrogen and oxygen atoms in total. The predicted octanol–water partition coefficient (Wildman–Crippen LogP) is 0.908. The molecule has 0 amide bonds. The summed E-state index contributed by atoms with van der Waals surface area (Å²) in [7, 11) is -3.52. The van der Waals surface area contributed by atoms with E-state index in [4.69, 9.17) is 18.0 Å². The topological polar surface area (TPSA) is 76.3 Å². The maximum absolute atomic E-state index is 12.2. The van der Waals surface area contributed by atoms with Gasteiger partial charge in [0.2, 0.25) is 10.0 Å². The van der Waals surface area contributed by atoms with Gasteiger partial charge in [0.25, 0.3) is 0 Å². The van der Waals surface area contributed by atoms with Crippen molar-refractivity contribution in [2.45, 2.75) is 25.6 Å². The van der Waals surface area contributed by atoms with Gasteiger partial charge >= 0.3 is 0 Å². The van der Waals surface area contributed by atoms with Crippen molar-refractivity contribution in [3.63, 3.8) is 0 Å². The number of nitrogens with two attached hydrogens (primary N) is 1. The second kappa shape index (κ2) is 6.21. The van der Waals surface area contributed by atoms with Crippen LogP contribution in [0, 0.1) is 0 Å². The second-order valence-corrected chi connectivity index (χ2v) is 6.56. The lowest BCUT2D eigenvalue weighted by atomic mass is 10.3. The summed E-state index contributed by atoms with van der Waals surface area (Å²) in [5.74, 6) is 0. The Hall–Kier alpha value is -1.05. The van der Waals surface area contributed by atoms with E-state index in [2.05, 4.69) is 4.98 Å². The van der Waals surface area contributed by atoms with Crippen LogP contribution in [0.3, 0.4) is 0 Å². The minimum Gasteiger partial charge on any atom is -0.392 e. The number of aromatic nitrogens is 1. The van der Waals surface area contributed by atoms with Crippen LogP contribution in [-0.4, -0.2) is 34.5 Å². The van der Waals surface area contributed by atoms with Crippen molar-refractivity contribution >= 4 is 27.2 Å². The monoisotopic (exact) mass is 287 g/mol. The molecule has 0 spiro atoms. The number of thiocarbonyl (C=S) groups is 1. The Kier molecular flexibility index (Phi) is 5.18. The summed E-state index contributed by atoms with van der Waals surface area (Å²) in [6.45, 7) is 3.85. The van der Waals surface area contributed by atoms with Crippen LogP contribution in [0.5, 0.6) is 0 Å². The normalized spacial score (nSPS) is 13.5. The highest BCUT2D eigenvalue weighted by Crippen LogP contribution is 2.12. The third-order valence-corrected chi connectivity index (χ3v) is 5.38. The molecular formula is C11H17N3O2S2. The Morgan fingerprint density at radius 2 is 2.22 bits per heavy atom. The maximum Gasteiger partial charge on any atom is 0.223 e. The SMILES string of the molecule is CCN(Cc1ccccn1)S(=O)(=O)C(C)C(N)=S. The van der Waals surface area contributed by atoms with Gasteiger partial charge in [0, 0.05) is 12.7 Å². The van der Waals surface area contributed by atoms with E-state index in [9.17, 15) is 8.42 Å². The average Bonchev–Trinajstić information content (AvgIpc) is 2.35. The lowest BCUT2D eigenvalue weighted by Crippen LogP contribution is -2.42. The molecule has 1 heterocycles. The predicted molar refractivity (Wildman–Crippen MR) is 75.5 cm³/mol. The molecule has 0 fully saturated rings. The Morgan fingerprint density at radius 3 is 2.67 bits per heavy atom. The van der Waals surface area contributed by atoms with Crippen LogP contribution in [0.2, 0.25) is 0 Å². The van der Waals surface area contributed by atoms with Crippen LogP contribution in [-0.2, 0) is 16.6 Å². The molecule has 0 saturated heterocycles. The number of rotatable bonds is 6. The van der Waals surface area contributed by atoms with Gasteiger partial charge in [-0.1, -0.05) is 25.2 Å². The third-order valence-electron chi connectivity index (χ3n) is 2.62. The fraction of sp³-hybridized carbons (Fsp3) is 0.455. The van der Waals surface area contributed by atoms with Gasteiger partial charge in [-0.05, 0) is 19.1 Å². The zero-order chi connectivity index (χ0) is 13.8. The van der Waals surface area contributed by atoms with E-state index >= 15 is 0 Å². The highest BCUT2D eigenvalue weighted by atomic mass is 32.2. The van der Waals surface area contributed by atoms with Crippen molar-refractivity contribution in [2.75, 3.05) is 6.54 Å². The fourth-order valence-electron chi connectivity index (χ4n) is 1.42. The Bertz CT molecular complexity index is 502. The first-order valence-corrected chi connectivity index (χ1v) is 7.49. The summed E-state index contributed by atoms with van der Waals surface area (Å²) in [6.07, 6.45) is 1.63. The highest BCUT2D eigenvalue weighted by molar-refractivity contribution is 7.92. The number of pyridine rings is 1. The van der Waals surface area contributed by atoms with Crippen molar-refractivity contribution in [1.29, 1.82) is 0 Å². The van der Waals surface area contributed by atoms with E-state index in [1.807, 2.05) is 6.07 Å². The van der Waals surface area contributed by atoms with Crippen LogP contribution < -0.4 is 5.73 Å². The second-order valence-electron chi connectivity index (χ2n) is 3.84. The Morgan fingerprint density at radius 1 is 1.56 bits per heavy atom. The third kappa shape index (κ3) is 3.47. The molecule has 7 heteroatoms. The van der Waals surface area contributed by atoms with Crippen molar-refractivity contribution < 1.29 is 8.42 Å². The van der Waals surface area contributed by atoms with Gasteiger partial charge < -0.3 is 5.73 Å². The molecule has 0 aromatic carbocycles. The molecule has 0 radical (unpaired) electrons. The average molecular weight is 287 g/mol. The summed E-state index contributed by atoms with van der Waals surface area (Å²) in [5.41, 5.74) is 6.11. The first kappa shape index (κ1) is 15.0. The van der Waals surface area contributed by atoms with E-state index in [0.717, 1.165) is 0 Å². The van der Waals surface area contributed by atoms with Gasteiger partial charge in [-0.2, -0.15) is 4.31 Å². The summed E-state index contributed by atoms with van der Waals surface area (Å²) in [5, 5.41) is -0.865. The zero-order valence-electron chi connectivity index (χ0n) is 10.4. The van der Waals surface area contributed by atoms with Crippen molar-refractivity contribution in [3.8, 4) is 0 Å². The van der Waals surface area contributed by atoms with E-state index in [-0.39, 0.29) is 11.5 Å². The smallest absolute Gasteiger partial charge is 0.223 e. The number of hydrogen-bond acceptors (Lipinski definition) is 4. The molecule has 2 N–H and O–H groups in total. The minimum atomic E-state index is -3.52. The zero-order valence-corrected chi connectivity index (χ0v) is 12.0. The largest absolute Gasteiger partial charge is 0.392 e. The molecule has 0 saturated carbocycles. The van der Waals surface area contributed by atoms with Gasteiger partial charge in [0.05, 0.1) is 17.2 Å². The highest BCUT2D eigenvalue weighted by Gasteiger charge is 2.29. The van der Waals surface area contributed by atoms with E-state index < -0.39 is 15.3 Å². The van der Waals surface area contributed by atoms with Crippen LogP contribution >= 0.6 is 12.2 Å². The van der Waals surface area contributed by atoms with Crippen LogP contribution in [0.1, 0.15) is 19.5 Å². The Balaban J connectivity index is 2.94. The van der Waals surface area contributed by atoms with Crippen LogP contribution in [0.25, 0.3) is 0 Å². The molecule has 1 rings (SSSR count). The lowest BCUT2D eigenvalue weighted by molar-refractivity contribution is 0.417. The molecule has 0 bridgehead atoms. The standard InChI is InChI=1S/C11H17N3O2S2/c1-3-14(8-10-6-4-5-7-13-10)18(15,16)9(2)11(12)17/h4-7,9H,3,8H2,1-2H3,(H2,12,17). The van der Waals surface area contributed by atoms with Gasteiger partial charge in [-0.15, -0.1) is 0 Å². The summed E-state index contributed by atoms with van der Waals surface area (Å²) >= 11 is 4.75. The first-order chi connectivity index (χ1) is 8.39. The fourth-order valence-corrected chi connectivity index (χ4v) is 3.20. The summed E-state index contributed by atoms with van der Waals surface area (Å²) in [4.78, 5) is 4.09. The van der Waals surface area contributed by atoms with E-state index in [1.54, 1.807) is 25.3 Å². The van der Waals surface area contributed by atoms with Crippen molar-refractivity contribution in [1.82, 2.24) is 9.29 Å². The van der Waals surface area contributed by atoms with Crippen LogP contribution in [0.15, 0.2) is 24.4 Å². The van der Waals surface area contributed by atoms with Gasteiger partial charge in [0.15, 0.2) is 0 Å². The number of nitrogens with zero attached hydrogens (tertiary/aromatic N) is 2.